The van der Waals surface area contributed by atoms with Crippen LogP contribution >= 0.6 is 23.2 Å². The van der Waals surface area contributed by atoms with Crippen LogP contribution in [0.25, 0.3) is 0 Å². The molecular weight excluding hydrogens is 469 g/mol. The largest absolute Gasteiger partial charge is 0.393 e. The molecule has 0 radical (unpaired) electrons. The first-order valence-electron chi connectivity index (χ1n) is 11.2. The van der Waals surface area contributed by atoms with Gasteiger partial charge >= 0.3 is 0 Å². The number of nitrogen functional groups attached to an aromatic ring is 1. The highest BCUT2D eigenvalue weighted by Crippen LogP contribution is 2.36. The second kappa shape index (κ2) is 10.5. The number of anilines is 4. The van der Waals surface area contributed by atoms with Crippen LogP contribution in [0.3, 0.4) is 0 Å². The highest BCUT2D eigenvalue weighted by Gasteiger charge is 2.22. The van der Waals surface area contributed by atoms with Crippen molar-refractivity contribution in [3.05, 3.63) is 69.5 Å². The standard InChI is InChI=1S/C25H27Cl2N7/c1-3-33-8-10-34(11-9-33)25-23(29)24(30-15-31-25)32-22-13-21(27)19(12-16(22)2)20(14-28)17-4-6-18(26)7-5-17/h4-7,12-13,15,20H,3,8-11,29H2,1-2H3,(H,30,31,32). The number of nitrogens with one attached hydrogen (secondary N) is 1. The molecule has 1 unspecified atom stereocenters. The average molecular weight is 496 g/mol. The summed E-state index contributed by atoms with van der Waals surface area (Å²) in [5.41, 5.74) is 10.2. The van der Waals surface area contributed by atoms with Gasteiger partial charge < -0.3 is 20.9 Å². The lowest BCUT2D eigenvalue weighted by atomic mass is 9.91. The third kappa shape index (κ3) is 5.05. The Hall–Kier alpha value is -3.05. The summed E-state index contributed by atoms with van der Waals surface area (Å²) >= 11 is 12.7. The summed E-state index contributed by atoms with van der Waals surface area (Å²) in [6.07, 6.45) is 1.53. The van der Waals surface area contributed by atoms with Crippen molar-refractivity contribution < 1.29 is 0 Å². The van der Waals surface area contributed by atoms with Gasteiger partial charge in [0.15, 0.2) is 11.6 Å². The summed E-state index contributed by atoms with van der Waals surface area (Å²) in [7, 11) is 0. The van der Waals surface area contributed by atoms with Gasteiger partial charge in [0.25, 0.3) is 0 Å². The van der Waals surface area contributed by atoms with Crippen LogP contribution in [0.15, 0.2) is 42.7 Å². The van der Waals surface area contributed by atoms with Gasteiger partial charge in [-0.2, -0.15) is 5.26 Å². The number of nitrogens with zero attached hydrogens (tertiary/aromatic N) is 5. The molecule has 9 heteroatoms. The molecule has 1 atom stereocenters. The van der Waals surface area contributed by atoms with Crippen molar-refractivity contribution >= 4 is 46.2 Å². The van der Waals surface area contributed by atoms with E-state index in [1.165, 1.54) is 6.33 Å². The van der Waals surface area contributed by atoms with Crippen LogP contribution in [0, 0.1) is 18.3 Å². The number of rotatable bonds is 6. The number of nitrogens with two attached hydrogens (primary N) is 1. The highest BCUT2D eigenvalue weighted by molar-refractivity contribution is 6.32. The lowest BCUT2D eigenvalue weighted by Gasteiger charge is -2.35. The lowest BCUT2D eigenvalue weighted by Crippen LogP contribution is -2.46. The van der Waals surface area contributed by atoms with Crippen LogP contribution in [0.2, 0.25) is 10.0 Å². The van der Waals surface area contributed by atoms with Crippen molar-refractivity contribution in [2.45, 2.75) is 19.8 Å². The van der Waals surface area contributed by atoms with Crippen LogP contribution < -0.4 is 16.0 Å². The minimum absolute atomic E-state index is 0.484. The number of aryl methyl sites for hydroxylation is 1. The summed E-state index contributed by atoms with van der Waals surface area (Å²) in [6, 6.07) is 13.3. The van der Waals surface area contributed by atoms with Crippen molar-refractivity contribution in [2.75, 3.05) is 48.7 Å². The lowest BCUT2D eigenvalue weighted by molar-refractivity contribution is 0.270. The number of nitriles is 1. The van der Waals surface area contributed by atoms with Crippen LogP contribution in [-0.4, -0.2) is 47.6 Å². The predicted molar refractivity (Wildman–Crippen MR) is 139 cm³/mol. The Morgan fingerprint density at radius 2 is 1.82 bits per heavy atom. The third-order valence-electron chi connectivity index (χ3n) is 6.22. The molecule has 1 aliphatic rings. The molecule has 2 aromatic carbocycles. The Morgan fingerprint density at radius 1 is 1.12 bits per heavy atom. The fourth-order valence-corrected chi connectivity index (χ4v) is 4.58. The maximum atomic E-state index is 9.85. The van der Waals surface area contributed by atoms with Crippen LogP contribution in [-0.2, 0) is 0 Å². The van der Waals surface area contributed by atoms with E-state index in [-0.39, 0.29) is 0 Å². The molecule has 0 aliphatic carbocycles. The fourth-order valence-electron chi connectivity index (χ4n) is 4.18. The molecule has 176 valence electrons. The Labute approximate surface area is 210 Å². The van der Waals surface area contributed by atoms with E-state index < -0.39 is 5.92 Å². The number of likely N-dealkylation sites (N-methyl/N-ethyl adjacent to an activating group) is 1. The minimum atomic E-state index is -0.505. The fraction of sp³-hybridized carbons (Fsp3) is 0.320. The quantitative estimate of drug-likeness (QED) is 0.484. The number of halogens is 2. The van der Waals surface area contributed by atoms with Crippen LogP contribution in [0.4, 0.5) is 23.0 Å². The summed E-state index contributed by atoms with van der Waals surface area (Å²) in [5.74, 6) is 0.764. The molecule has 3 N–H and O–H groups in total. The molecule has 7 nitrogen and oxygen atoms in total. The predicted octanol–water partition coefficient (Wildman–Crippen LogP) is 5.22. The van der Waals surface area contributed by atoms with Gasteiger partial charge in [0.2, 0.25) is 0 Å². The van der Waals surface area contributed by atoms with Gasteiger partial charge in [0, 0.05) is 41.9 Å². The molecule has 0 spiro atoms. The number of piperazine rings is 1. The maximum absolute atomic E-state index is 9.85. The van der Waals surface area contributed by atoms with Crippen molar-refractivity contribution in [3.8, 4) is 6.07 Å². The van der Waals surface area contributed by atoms with Gasteiger partial charge in [-0.25, -0.2) is 9.97 Å². The summed E-state index contributed by atoms with van der Waals surface area (Å²) in [4.78, 5) is 13.4. The van der Waals surface area contributed by atoms with E-state index in [9.17, 15) is 5.26 Å². The van der Waals surface area contributed by atoms with Crippen LogP contribution in [0.5, 0.6) is 0 Å². The number of aromatic nitrogens is 2. The monoisotopic (exact) mass is 495 g/mol. The normalized spacial score (nSPS) is 15.1. The SMILES string of the molecule is CCN1CCN(c2ncnc(Nc3cc(Cl)c(C(C#N)c4ccc(Cl)cc4)cc3C)c2N)CC1. The topological polar surface area (TPSA) is 94.1 Å². The van der Waals surface area contributed by atoms with Gasteiger partial charge in [0.1, 0.15) is 12.0 Å². The molecule has 34 heavy (non-hydrogen) atoms. The van der Waals surface area contributed by atoms with Crippen molar-refractivity contribution in [1.82, 2.24) is 14.9 Å². The molecule has 2 heterocycles. The Balaban J connectivity index is 1.59. The molecule has 4 rings (SSSR count). The molecular formula is C25H27Cl2N7. The second-order valence-corrected chi connectivity index (χ2v) is 9.15. The number of hydrogen-bond acceptors (Lipinski definition) is 7. The van der Waals surface area contributed by atoms with Gasteiger partial charge in [-0.05, 0) is 48.4 Å². The zero-order valence-electron chi connectivity index (χ0n) is 19.2. The first kappa shape index (κ1) is 24.1. The molecule has 1 aromatic heterocycles. The molecule has 3 aromatic rings. The van der Waals surface area contributed by atoms with E-state index in [0.717, 1.165) is 60.9 Å². The zero-order valence-corrected chi connectivity index (χ0v) is 20.7. The van der Waals surface area contributed by atoms with Crippen molar-refractivity contribution in [2.24, 2.45) is 0 Å². The molecule has 0 saturated carbocycles. The maximum Gasteiger partial charge on any atom is 0.159 e. The molecule has 0 bridgehead atoms. The van der Waals surface area contributed by atoms with Crippen molar-refractivity contribution in [1.29, 1.82) is 5.26 Å². The highest BCUT2D eigenvalue weighted by atomic mass is 35.5. The first-order valence-corrected chi connectivity index (χ1v) is 12.0. The second-order valence-electron chi connectivity index (χ2n) is 8.31. The van der Waals surface area contributed by atoms with E-state index in [2.05, 4.69) is 38.1 Å². The Morgan fingerprint density at radius 3 is 2.47 bits per heavy atom. The molecule has 1 saturated heterocycles. The summed E-state index contributed by atoms with van der Waals surface area (Å²) in [6.45, 7) is 8.87. The van der Waals surface area contributed by atoms with Gasteiger partial charge in [-0.3, -0.25) is 0 Å². The van der Waals surface area contributed by atoms with E-state index in [1.807, 2.05) is 31.2 Å². The third-order valence-corrected chi connectivity index (χ3v) is 6.80. The van der Waals surface area contributed by atoms with Gasteiger partial charge in [-0.1, -0.05) is 48.3 Å². The molecule has 1 aliphatic heterocycles. The van der Waals surface area contributed by atoms with Crippen LogP contribution in [0.1, 0.15) is 29.5 Å². The zero-order chi connectivity index (χ0) is 24.2. The van der Waals surface area contributed by atoms with E-state index in [4.69, 9.17) is 28.9 Å². The van der Waals surface area contributed by atoms with E-state index >= 15 is 0 Å². The van der Waals surface area contributed by atoms with Crippen molar-refractivity contribution in [3.63, 3.8) is 0 Å². The van der Waals surface area contributed by atoms with Gasteiger partial charge in [0.05, 0.1) is 12.0 Å². The molecule has 0 amide bonds. The number of benzene rings is 2. The smallest absolute Gasteiger partial charge is 0.159 e. The number of hydrogen-bond donors (Lipinski definition) is 2. The summed E-state index contributed by atoms with van der Waals surface area (Å²) < 4.78 is 0. The van der Waals surface area contributed by atoms with E-state index in [0.29, 0.717) is 21.6 Å². The van der Waals surface area contributed by atoms with Gasteiger partial charge in [-0.15, -0.1) is 0 Å². The Bertz CT molecular complexity index is 1200. The first-order chi connectivity index (χ1) is 16.4. The van der Waals surface area contributed by atoms with E-state index in [1.54, 1.807) is 12.1 Å². The Kier molecular flexibility index (Phi) is 7.42. The average Bonchev–Trinajstić information content (AvgIpc) is 2.85. The minimum Gasteiger partial charge on any atom is -0.393 e. The summed E-state index contributed by atoms with van der Waals surface area (Å²) in [5, 5.41) is 14.3. The molecule has 1 fully saturated rings.